The first-order valence-corrected chi connectivity index (χ1v) is 18.0. The highest BCUT2D eigenvalue weighted by atomic mass is 32.2. The Morgan fingerprint density at radius 2 is 1.86 bits per heavy atom. The van der Waals surface area contributed by atoms with E-state index in [1.807, 2.05) is 33.8 Å². The van der Waals surface area contributed by atoms with E-state index < -0.39 is 28.8 Å². The fourth-order valence-electron chi connectivity index (χ4n) is 5.19. The molecule has 0 spiro atoms. The van der Waals surface area contributed by atoms with Crippen molar-refractivity contribution in [2.45, 2.75) is 62.8 Å². The zero-order valence-electron chi connectivity index (χ0n) is 28.7. The third-order valence-electron chi connectivity index (χ3n) is 7.61. The maximum Gasteiger partial charge on any atom is 0.410 e. The molecule has 1 aliphatic heterocycles. The molecular weight excluding hydrogens is 685 g/mol. The average molecular weight is 723 g/mol. The van der Waals surface area contributed by atoms with E-state index in [-0.39, 0.29) is 11.6 Å². The van der Waals surface area contributed by atoms with Crippen LogP contribution in [-0.4, -0.2) is 51.1 Å². The Hall–Kier alpha value is -5.45. The van der Waals surface area contributed by atoms with Gasteiger partial charge in [-0.25, -0.2) is 4.79 Å². The van der Waals surface area contributed by atoms with Gasteiger partial charge < -0.3 is 25.6 Å². The van der Waals surface area contributed by atoms with Crippen LogP contribution in [0.25, 0.3) is 6.08 Å². The van der Waals surface area contributed by atoms with Crippen molar-refractivity contribution < 1.29 is 23.9 Å². The van der Waals surface area contributed by atoms with Crippen molar-refractivity contribution in [1.29, 1.82) is 5.26 Å². The lowest BCUT2D eigenvalue weighted by molar-refractivity contribution is -0.116. The number of amides is 4. The molecule has 1 aliphatic rings. The van der Waals surface area contributed by atoms with Crippen molar-refractivity contribution in [3.05, 3.63) is 112 Å². The van der Waals surface area contributed by atoms with Crippen molar-refractivity contribution in [3.63, 3.8) is 0 Å². The second-order valence-corrected chi connectivity index (χ2v) is 15.0. The number of thiophene rings is 1. The molecule has 1 atom stereocenters. The van der Waals surface area contributed by atoms with Gasteiger partial charge >= 0.3 is 6.09 Å². The van der Waals surface area contributed by atoms with E-state index in [9.17, 15) is 24.4 Å². The molecule has 2 aromatic heterocycles. The van der Waals surface area contributed by atoms with Crippen LogP contribution in [0, 0.1) is 11.3 Å². The number of nitriles is 1. The van der Waals surface area contributed by atoms with Crippen molar-refractivity contribution >= 4 is 63.7 Å². The summed E-state index contributed by atoms with van der Waals surface area (Å²) in [5.41, 5.74) is 2.17. The summed E-state index contributed by atoms with van der Waals surface area (Å²) in [6, 6.07) is 21.4. The second-order valence-electron chi connectivity index (χ2n) is 12.6. The van der Waals surface area contributed by atoms with Gasteiger partial charge in [0.2, 0.25) is 5.91 Å². The number of nitrogens with one attached hydrogen (secondary N) is 3. The summed E-state index contributed by atoms with van der Waals surface area (Å²) in [6.07, 6.45) is 5.32. The standard InChI is InChI=1S/C38H38N6O5S2/c1-5-31(35(47)43-36-29(21-39)28-16-18-44(23-32(28)51-36)37(48)49-38(2,3)4)50-27-15-9-14-26(20-27)41-34(46)30(19-24-11-10-17-40-22-24)42-33(45)25-12-7-6-8-13-25/h6-15,17,19-20,22,31H,5,16,18,23H2,1-4H3,(H,41,46)(H,42,45)(H,43,47)/b30-19-. The fourth-order valence-corrected chi connectivity index (χ4v) is 7.42. The van der Waals surface area contributed by atoms with Crippen LogP contribution in [0.5, 0.6) is 0 Å². The summed E-state index contributed by atoms with van der Waals surface area (Å²) in [6.45, 7) is 8.06. The number of carbonyl (C=O) groups is 4. The Balaban J connectivity index is 1.27. The lowest BCUT2D eigenvalue weighted by atomic mass is 10.0. The molecule has 2 aromatic carbocycles. The molecule has 11 nitrogen and oxygen atoms in total. The molecule has 1 unspecified atom stereocenters. The normalized spacial score (nSPS) is 13.3. The third kappa shape index (κ3) is 9.84. The molecule has 0 radical (unpaired) electrons. The smallest absolute Gasteiger partial charge is 0.410 e. The fraction of sp³-hybridized carbons (Fsp3) is 0.263. The van der Waals surface area contributed by atoms with Crippen molar-refractivity contribution in [2.75, 3.05) is 17.2 Å². The Kier molecular flexibility index (Phi) is 11.9. The van der Waals surface area contributed by atoms with Crippen LogP contribution in [0.1, 0.15) is 66.0 Å². The first kappa shape index (κ1) is 36.8. The van der Waals surface area contributed by atoms with Crippen molar-refractivity contribution in [2.24, 2.45) is 0 Å². The van der Waals surface area contributed by atoms with Crippen molar-refractivity contribution in [3.8, 4) is 6.07 Å². The Morgan fingerprint density at radius 1 is 1.08 bits per heavy atom. The summed E-state index contributed by atoms with van der Waals surface area (Å²) in [7, 11) is 0. The molecular formula is C38H38N6O5S2. The number of rotatable bonds is 10. The first-order chi connectivity index (χ1) is 24.4. The predicted molar refractivity (Wildman–Crippen MR) is 199 cm³/mol. The van der Waals surface area contributed by atoms with Gasteiger partial charge in [-0.15, -0.1) is 23.1 Å². The summed E-state index contributed by atoms with van der Waals surface area (Å²) in [4.78, 5) is 60.0. The van der Waals surface area contributed by atoms with Gasteiger partial charge in [0.25, 0.3) is 11.8 Å². The van der Waals surface area contributed by atoms with Crippen LogP contribution in [-0.2, 0) is 27.3 Å². The number of thioether (sulfide) groups is 1. The van der Waals surface area contributed by atoms with Gasteiger partial charge in [-0.05, 0) is 87.2 Å². The number of aromatic nitrogens is 1. The number of carbonyl (C=O) groups excluding carboxylic acids is 4. The number of fused-ring (bicyclic) bond motifs is 1. The van der Waals surface area contributed by atoms with Gasteiger partial charge in [-0.2, -0.15) is 5.26 Å². The summed E-state index contributed by atoms with van der Waals surface area (Å²) < 4.78 is 5.53. The highest BCUT2D eigenvalue weighted by Gasteiger charge is 2.31. The molecule has 0 fully saturated rings. The van der Waals surface area contributed by atoms with E-state index in [1.54, 1.807) is 84.0 Å². The van der Waals surface area contributed by atoms with E-state index in [0.717, 1.165) is 15.3 Å². The van der Waals surface area contributed by atoms with Gasteiger partial charge in [0.1, 0.15) is 22.4 Å². The van der Waals surface area contributed by atoms with E-state index >= 15 is 0 Å². The summed E-state index contributed by atoms with van der Waals surface area (Å²) in [5, 5.41) is 18.5. The lowest BCUT2D eigenvalue weighted by Gasteiger charge is -2.29. The molecule has 0 bridgehead atoms. The van der Waals surface area contributed by atoms with Crippen LogP contribution in [0.4, 0.5) is 15.5 Å². The second kappa shape index (κ2) is 16.5. The minimum absolute atomic E-state index is 0.0295. The summed E-state index contributed by atoms with van der Waals surface area (Å²) in [5.74, 6) is -1.24. The number of pyridine rings is 1. The van der Waals surface area contributed by atoms with E-state index in [0.29, 0.717) is 53.3 Å². The van der Waals surface area contributed by atoms with Crippen LogP contribution in [0.15, 0.2) is 89.7 Å². The van der Waals surface area contributed by atoms with Gasteiger partial charge in [0.15, 0.2) is 0 Å². The molecule has 262 valence electrons. The van der Waals surface area contributed by atoms with Crippen LogP contribution < -0.4 is 16.0 Å². The number of anilines is 2. The Labute approximate surface area is 305 Å². The quantitative estimate of drug-likeness (QED) is 0.115. The van der Waals surface area contributed by atoms with Crippen LogP contribution >= 0.6 is 23.1 Å². The highest BCUT2D eigenvalue weighted by Crippen LogP contribution is 2.38. The van der Waals surface area contributed by atoms with E-state index in [4.69, 9.17) is 4.74 Å². The molecule has 51 heavy (non-hydrogen) atoms. The van der Waals surface area contributed by atoms with Gasteiger partial charge in [0, 0.05) is 40.0 Å². The van der Waals surface area contributed by atoms with Crippen LogP contribution in [0.2, 0.25) is 0 Å². The Bertz CT molecular complexity index is 1980. The maximum atomic E-state index is 13.6. The number of nitrogens with zero attached hydrogens (tertiary/aromatic N) is 3. The van der Waals surface area contributed by atoms with Gasteiger partial charge in [-0.1, -0.05) is 37.3 Å². The SMILES string of the molecule is CCC(Sc1cccc(NC(=O)/C(=C/c2cccnc2)NC(=O)c2ccccc2)c1)C(=O)Nc1sc2c(c1C#N)CCN(C(=O)OC(C)(C)C)C2. The first-order valence-electron chi connectivity index (χ1n) is 16.3. The molecule has 3 N–H and O–H groups in total. The molecule has 5 rings (SSSR count). The molecule has 0 saturated carbocycles. The van der Waals surface area contributed by atoms with Crippen LogP contribution in [0.3, 0.4) is 0 Å². The zero-order chi connectivity index (χ0) is 36.5. The molecule has 4 aromatic rings. The van der Waals surface area contributed by atoms with E-state index in [1.165, 1.54) is 23.1 Å². The lowest BCUT2D eigenvalue weighted by Crippen LogP contribution is -2.39. The molecule has 4 amide bonds. The monoisotopic (exact) mass is 722 g/mol. The van der Waals surface area contributed by atoms with Gasteiger partial charge in [-0.3, -0.25) is 19.4 Å². The average Bonchev–Trinajstić information content (AvgIpc) is 3.46. The third-order valence-corrected chi connectivity index (χ3v) is 10.1. The largest absolute Gasteiger partial charge is 0.444 e. The van der Waals surface area contributed by atoms with Crippen molar-refractivity contribution in [1.82, 2.24) is 15.2 Å². The predicted octanol–water partition coefficient (Wildman–Crippen LogP) is 7.23. The maximum absolute atomic E-state index is 13.6. The number of ether oxygens (including phenoxy) is 1. The Morgan fingerprint density at radius 3 is 2.55 bits per heavy atom. The molecule has 0 aliphatic carbocycles. The summed E-state index contributed by atoms with van der Waals surface area (Å²) >= 11 is 2.63. The topological polar surface area (TPSA) is 154 Å². The molecule has 13 heteroatoms. The zero-order valence-corrected chi connectivity index (χ0v) is 30.3. The molecule has 0 saturated heterocycles. The number of hydrogen-bond donors (Lipinski definition) is 3. The van der Waals surface area contributed by atoms with Gasteiger partial charge in [0.05, 0.1) is 17.4 Å². The minimum Gasteiger partial charge on any atom is -0.444 e. The number of benzene rings is 2. The van der Waals surface area contributed by atoms with E-state index in [2.05, 4.69) is 27.0 Å². The minimum atomic E-state index is -0.623. The highest BCUT2D eigenvalue weighted by molar-refractivity contribution is 8.00. The molecule has 3 heterocycles. The number of hydrogen-bond acceptors (Lipinski definition) is 9.